The first-order chi connectivity index (χ1) is 17.9. The lowest BCUT2D eigenvalue weighted by molar-refractivity contribution is -0.130. The van der Waals surface area contributed by atoms with Gasteiger partial charge in [-0.15, -0.1) is 0 Å². The highest BCUT2D eigenvalue weighted by Gasteiger charge is 2.27. The van der Waals surface area contributed by atoms with Crippen molar-refractivity contribution >= 4 is 29.1 Å². The Labute approximate surface area is 219 Å². The van der Waals surface area contributed by atoms with Crippen LogP contribution in [0.3, 0.4) is 0 Å². The fraction of sp³-hybridized carbons (Fsp3) is 0.385. The molecule has 196 valence electrons. The van der Waals surface area contributed by atoms with Crippen molar-refractivity contribution in [2.75, 3.05) is 33.4 Å². The minimum atomic E-state index is -0.737. The van der Waals surface area contributed by atoms with Crippen LogP contribution in [0.4, 0.5) is 0 Å². The van der Waals surface area contributed by atoms with Crippen LogP contribution in [0.2, 0.25) is 0 Å². The number of carbonyl (C=O) groups excluding carboxylic acids is 3. The van der Waals surface area contributed by atoms with E-state index in [1.165, 1.54) is 16.2 Å². The molecular weight excluding hydrogens is 494 g/mol. The third-order valence-corrected chi connectivity index (χ3v) is 6.75. The zero-order valence-electron chi connectivity index (χ0n) is 21.1. The molecule has 0 radical (unpaired) electrons. The number of hydrogen-bond acceptors (Lipinski definition) is 7. The fourth-order valence-electron chi connectivity index (χ4n) is 4.10. The summed E-state index contributed by atoms with van der Waals surface area (Å²) >= 11 is 1.40. The minimum absolute atomic E-state index is 0.130. The van der Waals surface area contributed by atoms with Crippen molar-refractivity contribution in [2.45, 2.75) is 26.4 Å². The summed E-state index contributed by atoms with van der Waals surface area (Å²) in [6.07, 6.45) is 3.54. The van der Waals surface area contributed by atoms with Crippen LogP contribution in [0.25, 0.3) is 11.4 Å². The zero-order chi connectivity index (χ0) is 26.4. The van der Waals surface area contributed by atoms with Crippen LogP contribution in [0.15, 0.2) is 47.4 Å². The number of methoxy groups -OCH3 is 1. The van der Waals surface area contributed by atoms with Gasteiger partial charge in [-0.05, 0) is 35.6 Å². The van der Waals surface area contributed by atoms with Crippen LogP contribution in [0.1, 0.15) is 24.2 Å². The molecule has 0 saturated heterocycles. The molecule has 0 unspecified atom stereocenters. The highest BCUT2D eigenvalue weighted by Crippen LogP contribution is 2.32. The predicted octanol–water partition coefficient (Wildman–Crippen LogP) is 2.41. The van der Waals surface area contributed by atoms with E-state index in [2.05, 4.69) is 15.6 Å². The number of benzene rings is 1. The van der Waals surface area contributed by atoms with E-state index in [0.29, 0.717) is 36.0 Å². The van der Waals surface area contributed by atoms with Crippen LogP contribution >= 0.6 is 11.3 Å². The number of ether oxygens (including phenoxy) is 2. The summed E-state index contributed by atoms with van der Waals surface area (Å²) in [6, 6.07) is 6.50. The number of amides is 3. The van der Waals surface area contributed by atoms with Gasteiger partial charge in [0.1, 0.15) is 18.5 Å². The molecule has 1 aliphatic heterocycles. The van der Waals surface area contributed by atoms with E-state index in [9.17, 15) is 14.4 Å². The lowest BCUT2D eigenvalue weighted by Gasteiger charge is -2.25. The highest BCUT2D eigenvalue weighted by molar-refractivity contribution is 7.08. The van der Waals surface area contributed by atoms with Gasteiger partial charge in [0.05, 0.1) is 25.8 Å². The second-order valence-corrected chi connectivity index (χ2v) is 9.76. The van der Waals surface area contributed by atoms with Crippen molar-refractivity contribution in [3.05, 3.63) is 53.0 Å². The van der Waals surface area contributed by atoms with E-state index in [0.717, 1.165) is 5.56 Å². The van der Waals surface area contributed by atoms with Crippen molar-refractivity contribution < 1.29 is 23.9 Å². The maximum Gasteiger partial charge on any atom is 0.255 e. The highest BCUT2D eigenvalue weighted by atomic mass is 32.1. The summed E-state index contributed by atoms with van der Waals surface area (Å²) in [5.41, 5.74) is 1.31. The maximum atomic E-state index is 13.2. The molecule has 1 atom stereocenters. The van der Waals surface area contributed by atoms with E-state index in [4.69, 9.17) is 9.47 Å². The molecule has 3 aromatic rings. The third kappa shape index (κ3) is 6.29. The molecule has 2 aromatic heterocycles. The van der Waals surface area contributed by atoms with E-state index >= 15 is 0 Å². The molecule has 4 rings (SSSR count). The molecule has 1 aliphatic rings. The second-order valence-electron chi connectivity index (χ2n) is 8.98. The Morgan fingerprint density at radius 1 is 1.24 bits per heavy atom. The van der Waals surface area contributed by atoms with Gasteiger partial charge in [-0.1, -0.05) is 13.8 Å². The van der Waals surface area contributed by atoms with Crippen LogP contribution in [0.5, 0.6) is 11.5 Å². The van der Waals surface area contributed by atoms with Crippen LogP contribution < -0.4 is 20.1 Å². The summed E-state index contributed by atoms with van der Waals surface area (Å²) in [5, 5.41) is 9.27. The molecule has 2 N–H and O–H groups in total. The smallest absolute Gasteiger partial charge is 0.255 e. The summed E-state index contributed by atoms with van der Waals surface area (Å²) in [6.45, 7) is 4.65. The standard InChI is InChI=1S/C26H31N5O5S/c1-17(2)23-25(33)28-8-10-30-9-7-27-24(30)18-4-5-20(35-3)21(14-18)36-12-11-31(15-22(32)29-23)26(34)19-6-13-37-16-19/h4-7,9,13-14,16-17,23H,8,10-12,15H2,1-3H3,(H,28,33)(H,29,32)/t23-/m1/s1. The molecule has 0 saturated carbocycles. The van der Waals surface area contributed by atoms with Gasteiger partial charge in [0, 0.05) is 36.4 Å². The van der Waals surface area contributed by atoms with E-state index in [1.54, 1.807) is 30.8 Å². The van der Waals surface area contributed by atoms with Crippen molar-refractivity contribution in [1.82, 2.24) is 25.1 Å². The average molecular weight is 526 g/mol. The number of hydrogen-bond donors (Lipinski definition) is 2. The van der Waals surface area contributed by atoms with Gasteiger partial charge >= 0.3 is 0 Å². The van der Waals surface area contributed by atoms with Crippen molar-refractivity contribution in [2.24, 2.45) is 5.92 Å². The fourth-order valence-corrected chi connectivity index (χ4v) is 4.73. The molecule has 3 amide bonds. The quantitative estimate of drug-likeness (QED) is 0.543. The Hall–Kier alpha value is -3.86. The topological polar surface area (TPSA) is 115 Å². The summed E-state index contributed by atoms with van der Waals surface area (Å²) in [7, 11) is 1.56. The number of nitrogens with zero attached hydrogens (tertiary/aromatic N) is 3. The molecule has 2 bridgehead atoms. The van der Waals surface area contributed by atoms with Gasteiger partial charge < -0.3 is 29.6 Å². The van der Waals surface area contributed by atoms with Gasteiger partial charge in [0.2, 0.25) is 11.8 Å². The Morgan fingerprint density at radius 3 is 2.81 bits per heavy atom. The van der Waals surface area contributed by atoms with E-state index in [-0.39, 0.29) is 37.4 Å². The number of thiophene rings is 1. The summed E-state index contributed by atoms with van der Waals surface area (Å²) in [5.74, 6) is 0.631. The Morgan fingerprint density at radius 2 is 2.08 bits per heavy atom. The normalized spacial score (nSPS) is 17.3. The van der Waals surface area contributed by atoms with Gasteiger partial charge in [0.15, 0.2) is 11.5 Å². The Bertz CT molecular complexity index is 1240. The number of aromatic nitrogens is 2. The lowest BCUT2D eigenvalue weighted by Crippen LogP contribution is -2.53. The predicted molar refractivity (Wildman–Crippen MR) is 140 cm³/mol. The number of rotatable bonds is 3. The zero-order valence-corrected chi connectivity index (χ0v) is 21.9. The largest absolute Gasteiger partial charge is 0.493 e. The molecule has 0 fully saturated rings. The number of carbonyl (C=O) groups is 3. The van der Waals surface area contributed by atoms with Gasteiger partial charge in [-0.2, -0.15) is 11.3 Å². The molecular formula is C26H31N5O5S. The van der Waals surface area contributed by atoms with Crippen molar-refractivity contribution in [1.29, 1.82) is 0 Å². The number of imidazole rings is 1. The molecule has 0 spiro atoms. The Balaban J connectivity index is 1.65. The average Bonchev–Trinajstić information content (AvgIpc) is 3.58. The van der Waals surface area contributed by atoms with Crippen molar-refractivity contribution in [3.8, 4) is 22.9 Å². The molecule has 1 aromatic carbocycles. The van der Waals surface area contributed by atoms with Gasteiger partial charge in [-0.3, -0.25) is 14.4 Å². The monoisotopic (exact) mass is 525 g/mol. The molecule has 0 aliphatic carbocycles. The first kappa shape index (κ1) is 26.2. The Kier molecular flexibility index (Phi) is 8.44. The summed E-state index contributed by atoms with van der Waals surface area (Å²) < 4.78 is 13.5. The maximum absolute atomic E-state index is 13.2. The first-order valence-corrected chi connectivity index (χ1v) is 13.0. The second kappa shape index (κ2) is 11.9. The first-order valence-electron chi connectivity index (χ1n) is 12.1. The van der Waals surface area contributed by atoms with E-state index < -0.39 is 11.9 Å². The van der Waals surface area contributed by atoms with Gasteiger partial charge in [-0.25, -0.2) is 4.98 Å². The van der Waals surface area contributed by atoms with E-state index in [1.807, 2.05) is 42.1 Å². The number of fused-ring (bicyclic) bond motifs is 4. The third-order valence-electron chi connectivity index (χ3n) is 6.06. The number of nitrogens with one attached hydrogen (secondary N) is 2. The minimum Gasteiger partial charge on any atom is -0.493 e. The summed E-state index contributed by atoms with van der Waals surface area (Å²) in [4.78, 5) is 45.0. The van der Waals surface area contributed by atoms with Gasteiger partial charge in [0.25, 0.3) is 5.91 Å². The molecule has 11 heteroatoms. The van der Waals surface area contributed by atoms with Crippen LogP contribution in [-0.2, 0) is 16.1 Å². The SMILES string of the molecule is COc1ccc2cc1OCCN(C(=O)c1ccsc1)CC(=O)N[C@H](C(C)C)C(=O)NCCn1ccnc1-2. The molecule has 3 heterocycles. The molecule has 10 nitrogen and oxygen atoms in total. The van der Waals surface area contributed by atoms with Crippen LogP contribution in [-0.4, -0.2) is 71.6 Å². The molecule has 37 heavy (non-hydrogen) atoms. The lowest BCUT2D eigenvalue weighted by atomic mass is 10.0. The van der Waals surface area contributed by atoms with Crippen LogP contribution in [0, 0.1) is 5.92 Å². The van der Waals surface area contributed by atoms with Crippen molar-refractivity contribution in [3.63, 3.8) is 0 Å².